The van der Waals surface area contributed by atoms with E-state index in [-0.39, 0.29) is 5.41 Å². The molecule has 1 saturated heterocycles. The summed E-state index contributed by atoms with van der Waals surface area (Å²) in [6.45, 7) is 11.6. The third-order valence-corrected chi connectivity index (χ3v) is 5.40. The number of piperidine rings is 1. The molecule has 1 aliphatic heterocycles. The van der Waals surface area contributed by atoms with Gasteiger partial charge in [-0.2, -0.15) is 0 Å². The molecule has 0 amide bonds. The first-order valence-corrected chi connectivity index (χ1v) is 9.33. The molecule has 3 rings (SSSR count). The molecule has 23 heavy (non-hydrogen) atoms. The molecule has 0 aliphatic carbocycles. The van der Waals surface area contributed by atoms with Crippen molar-refractivity contribution in [2.45, 2.75) is 64.8 Å². The van der Waals surface area contributed by atoms with Crippen LogP contribution in [0.15, 0.2) is 9.80 Å². The topological polar surface area (TPSA) is 55.1 Å². The Labute approximate surface area is 142 Å². The van der Waals surface area contributed by atoms with Crippen LogP contribution in [0.2, 0.25) is 0 Å². The van der Waals surface area contributed by atoms with Gasteiger partial charge in [0.2, 0.25) is 11.8 Å². The molecule has 0 bridgehead atoms. The molecule has 0 atom stereocenters. The molecule has 0 N–H and O–H groups in total. The van der Waals surface area contributed by atoms with Crippen molar-refractivity contribution in [1.82, 2.24) is 20.1 Å². The third kappa shape index (κ3) is 3.98. The van der Waals surface area contributed by atoms with Crippen molar-refractivity contribution in [3.63, 3.8) is 0 Å². The van der Waals surface area contributed by atoms with E-state index >= 15 is 0 Å². The molecule has 2 aromatic heterocycles. The highest BCUT2D eigenvalue weighted by molar-refractivity contribution is 7.09. The Balaban J connectivity index is 1.55. The number of likely N-dealkylation sites (tertiary alicyclic amines) is 1. The number of hydrogen-bond donors (Lipinski definition) is 0. The van der Waals surface area contributed by atoms with Gasteiger partial charge in [-0.05, 0) is 25.9 Å². The fraction of sp³-hybridized carbons (Fsp3) is 0.706. The van der Waals surface area contributed by atoms with Gasteiger partial charge in [0.25, 0.3) is 0 Å². The van der Waals surface area contributed by atoms with Crippen molar-refractivity contribution in [1.29, 1.82) is 0 Å². The smallest absolute Gasteiger partial charge is 0.230 e. The van der Waals surface area contributed by atoms with E-state index in [1.165, 1.54) is 10.7 Å². The van der Waals surface area contributed by atoms with Crippen molar-refractivity contribution in [2.75, 3.05) is 13.1 Å². The first-order valence-electron chi connectivity index (χ1n) is 8.45. The van der Waals surface area contributed by atoms with E-state index in [9.17, 15) is 0 Å². The van der Waals surface area contributed by atoms with Crippen molar-refractivity contribution in [3.05, 3.63) is 27.9 Å². The highest BCUT2D eigenvalue weighted by atomic mass is 32.1. The van der Waals surface area contributed by atoms with Crippen LogP contribution < -0.4 is 0 Å². The number of thiazole rings is 1. The van der Waals surface area contributed by atoms with Crippen LogP contribution in [0.25, 0.3) is 0 Å². The summed E-state index contributed by atoms with van der Waals surface area (Å²) in [4.78, 5) is 7.29. The van der Waals surface area contributed by atoms with Crippen LogP contribution in [0.4, 0.5) is 0 Å². The molecule has 1 aliphatic rings. The van der Waals surface area contributed by atoms with Crippen molar-refractivity contribution < 1.29 is 4.42 Å². The zero-order chi connectivity index (χ0) is 16.4. The Morgan fingerprint density at radius 2 is 1.91 bits per heavy atom. The molecule has 0 aromatic carbocycles. The number of nitrogens with zero attached hydrogens (tertiary/aromatic N) is 4. The van der Waals surface area contributed by atoms with E-state index in [1.54, 1.807) is 0 Å². The van der Waals surface area contributed by atoms with Crippen LogP contribution >= 0.6 is 11.3 Å². The van der Waals surface area contributed by atoms with Gasteiger partial charge in [0.1, 0.15) is 0 Å². The minimum absolute atomic E-state index is 0.143. The lowest BCUT2D eigenvalue weighted by molar-refractivity contribution is 0.186. The number of aryl methyl sites for hydroxylation is 1. The van der Waals surface area contributed by atoms with Crippen molar-refractivity contribution in [2.24, 2.45) is 0 Å². The first kappa shape index (κ1) is 16.6. The van der Waals surface area contributed by atoms with Crippen LogP contribution in [-0.4, -0.2) is 33.2 Å². The van der Waals surface area contributed by atoms with E-state index in [1.807, 2.05) is 18.3 Å². The summed E-state index contributed by atoms with van der Waals surface area (Å²) in [6, 6.07) is 0. The van der Waals surface area contributed by atoms with Gasteiger partial charge in [0.15, 0.2) is 0 Å². The Hall–Kier alpha value is -1.27. The molecular formula is C17H26N4OS. The average Bonchev–Trinajstić information content (AvgIpc) is 3.16. The molecule has 1 fully saturated rings. The summed E-state index contributed by atoms with van der Waals surface area (Å²) in [5.74, 6) is 2.07. The zero-order valence-electron chi connectivity index (χ0n) is 14.5. The SMILES string of the molecule is CCc1nnc(CN2CCC(c3nc(C(C)(C)C)cs3)CC2)o1. The number of aromatic nitrogens is 3. The van der Waals surface area contributed by atoms with Gasteiger partial charge in [-0.1, -0.05) is 27.7 Å². The van der Waals surface area contributed by atoms with Gasteiger partial charge in [-0.25, -0.2) is 4.98 Å². The van der Waals surface area contributed by atoms with Crippen LogP contribution in [0.1, 0.15) is 68.9 Å². The Bertz CT molecular complexity index is 635. The normalized spacial score (nSPS) is 17.7. The standard InChI is InChI=1S/C17H26N4OS/c1-5-14-19-20-15(22-14)10-21-8-6-12(7-9-21)16-18-13(11-23-16)17(2,3)4/h11-12H,5-10H2,1-4H3. The molecule has 0 radical (unpaired) electrons. The van der Waals surface area contributed by atoms with E-state index < -0.39 is 0 Å². The zero-order valence-corrected chi connectivity index (χ0v) is 15.3. The summed E-state index contributed by atoms with van der Waals surface area (Å²) >= 11 is 1.82. The molecule has 0 spiro atoms. The molecule has 3 heterocycles. The molecule has 0 unspecified atom stereocenters. The fourth-order valence-corrected chi connectivity index (χ4v) is 4.06. The highest BCUT2D eigenvalue weighted by Gasteiger charge is 2.26. The maximum absolute atomic E-state index is 5.61. The van der Waals surface area contributed by atoms with Gasteiger partial charge >= 0.3 is 0 Å². The molecule has 6 heteroatoms. The third-order valence-electron chi connectivity index (χ3n) is 4.40. The van der Waals surface area contributed by atoms with Gasteiger partial charge in [-0.3, -0.25) is 4.90 Å². The number of hydrogen-bond acceptors (Lipinski definition) is 6. The Kier molecular flexibility index (Phi) is 4.82. The summed E-state index contributed by atoms with van der Waals surface area (Å²) < 4.78 is 5.61. The lowest BCUT2D eigenvalue weighted by atomic mass is 9.93. The quantitative estimate of drug-likeness (QED) is 0.852. The second kappa shape index (κ2) is 6.69. The summed E-state index contributed by atoms with van der Waals surface area (Å²) in [7, 11) is 0. The molecule has 5 nitrogen and oxygen atoms in total. The Morgan fingerprint density at radius 1 is 1.22 bits per heavy atom. The van der Waals surface area contributed by atoms with E-state index in [0.717, 1.165) is 50.7 Å². The van der Waals surface area contributed by atoms with Crippen LogP contribution in [0.5, 0.6) is 0 Å². The predicted octanol–water partition coefficient (Wildman–Crippen LogP) is 3.77. The van der Waals surface area contributed by atoms with Crippen LogP contribution in [0.3, 0.4) is 0 Å². The number of rotatable bonds is 4. The van der Waals surface area contributed by atoms with Gasteiger partial charge in [0, 0.05) is 23.1 Å². The molecular weight excluding hydrogens is 308 g/mol. The first-order chi connectivity index (χ1) is 11.0. The second-order valence-electron chi connectivity index (χ2n) is 7.31. The second-order valence-corrected chi connectivity index (χ2v) is 8.20. The minimum Gasteiger partial charge on any atom is -0.424 e. The van der Waals surface area contributed by atoms with Gasteiger partial charge < -0.3 is 4.42 Å². The fourth-order valence-electron chi connectivity index (χ4n) is 2.84. The maximum Gasteiger partial charge on any atom is 0.230 e. The predicted molar refractivity (Wildman–Crippen MR) is 91.7 cm³/mol. The van der Waals surface area contributed by atoms with Crippen LogP contribution in [0, 0.1) is 0 Å². The lowest BCUT2D eigenvalue weighted by Gasteiger charge is -2.30. The van der Waals surface area contributed by atoms with Crippen LogP contribution in [-0.2, 0) is 18.4 Å². The maximum atomic E-state index is 5.61. The van der Waals surface area contributed by atoms with E-state index in [0.29, 0.717) is 5.92 Å². The summed E-state index contributed by atoms with van der Waals surface area (Å²) in [6.07, 6.45) is 3.12. The highest BCUT2D eigenvalue weighted by Crippen LogP contribution is 2.33. The van der Waals surface area contributed by atoms with Crippen molar-refractivity contribution in [3.8, 4) is 0 Å². The van der Waals surface area contributed by atoms with Gasteiger partial charge in [-0.15, -0.1) is 21.5 Å². The van der Waals surface area contributed by atoms with E-state index in [2.05, 4.69) is 41.2 Å². The van der Waals surface area contributed by atoms with E-state index in [4.69, 9.17) is 9.40 Å². The minimum atomic E-state index is 0.143. The monoisotopic (exact) mass is 334 g/mol. The van der Waals surface area contributed by atoms with Gasteiger partial charge in [0.05, 0.1) is 17.2 Å². The average molecular weight is 334 g/mol. The molecule has 0 saturated carbocycles. The lowest BCUT2D eigenvalue weighted by Crippen LogP contribution is -2.32. The largest absolute Gasteiger partial charge is 0.424 e. The summed E-state index contributed by atoms with van der Waals surface area (Å²) in [5, 5.41) is 11.7. The molecule has 126 valence electrons. The summed E-state index contributed by atoms with van der Waals surface area (Å²) in [5.41, 5.74) is 1.36. The van der Waals surface area contributed by atoms with Crippen molar-refractivity contribution >= 4 is 11.3 Å². The Morgan fingerprint density at radius 3 is 2.48 bits per heavy atom. The molecule has 2 aromatic rings.